The Hall–Kier alpha value is -6.90. The highest BCUT2D eigenvalue weighted by atomic mass is 16.3. The van der Waals surface area contributed by atoms with Crippen LogP contribution in [0.5, 0.6) is 0 Å². The Balaban J connectivity index is 1.18. The van der Waals surface area contributed by atoms with Gasteiger partial charge in [0.25, 0.3) is 0 Å². The van der Waals surface area contributed by atoms with Crippen LogP contribution in [0.2, 0.25) is 0 Å². The number of benzene rings is 9. The molecule has 0 bridgehead atoms. The van der Waals surface area contributed by atoms with Crippen LogP contribution in [0.1, 0.15) is 0 Å². The van der Waals surface area contributed by atoms with Crippen LogP contribution in [0, 0.1) is 0 Å². The van der Waals surface area contributed by atoms with Crippen LogP contribution >= 0.6 is 0 Å². The number of hydrogen-bond donors (Lipinski definition) is 0. The lowest BCUT2D eigenvalue weighted by Gasteiger charge is -2.27. The molecule has 244 valence electrons. The molecule has 0 aliphatic heterocycles. The number of furan rings is 1. The largest absolute Gasteiger partial charge is 0.456 e. The van der Waals surface area contributed by atoms with Crippen LogP contribution in [0.15, 0.2) is 205 Å². The van der Waals surface area contributed by atoms with Gasteiger partial charge >= 0.3 is 0 Å². The first-order valence-electron chi connectivity index (χ1n) is 17.8. The fourth-order valence-electron chi connectivity index (χ4n) is 7.70. The molecule has 0 amide bonds. The number of para-hydroxylation sites is 1. The number of hydrogen-bond acceptors (Lipinski definition) is 2. The highest BCUT2D eigenvalue weighted by molar-refractivity contribution is 6.22. The molecule has 0 spiro atoms. The van der Waals surface area contributed by atoms with Gasteiger partial charge in [-0.15, -0.1) is 0 Å². The van der Waals surface area contributed by atoms with Crippen LogP contribution < -0.4 is 4.90 Å². The van der Waals surface area contributed by atoms with E-state index in [0.29, 0.717) is 0 Å². The van der Waals surface area contributed by atoms with Crippen molar-refractivity contribution < 1.29 is 4.42 Å². The second kappa shape index (κ2) is 12.5. The number of rotatable bonds is 6. The summed E-state index contributed by atoms with van der Waals surface area (Å²) >= 11 is 0. The monoisotopic (exact) mass is 663 g/mol. The third kappa shape index (κ3) is 5.21. The zero-order valence-electron chi connectivity index (χ0n) is 28.4. The van der Waals surface area contributed by atoms with Crippen LogP contribution in [-0.4, -0.2) is 0 Å². The van der Waals surface area contributed by atoms with Gasteiger partial charge in [0.15, 0.2) is 0 Å². The van der Waals surface area contributed by atoms with Gasteiger partial charge in [-0.05, 0) is 110 Å². The van der Waals surface area contributed by atoms with E-state index in [1.807, 2.05) is 6.07 Å². The van der Waals surface area contributed by atoms with E-state index < -0.39 is 0 Å². The normalized spacial score (nSPS) is 11.5. The van der Waals surface area contributed by atoms with Gasteiger partial charge in [0.1, 0.15) is 11.2 Å². The van der Waals surface area contributed by atoms with Crippen LogP contribution in [0.3, 0.4) is 0 Å². The van der Waals surface area contributed by atoms with Crippen molar-refractivity contribution in [1.82, 2.24) is 0 Å². The summed E-state index contributed by atoms with van der Waals surface area (Å²) in [6, 6.07) is 71.7. The maximum atomic E-state index is 6.53. The molecule has 9 aromatic carbocycles. The molecule has 0 aliphatic carbocycles. The lowest BCUT2D eigenvalue weighted by atomic mass is 9.94. The predicted octanol–water partition coefficient (Wildman–Crippen LogP) is 14.4. The standard InChI is InChI=1S/C50H33NO/c1-3-12-34(13-4-1)39-18-11-19-42(31-39)51(41-26-24-36(25-27-41)40-23-22-35-14-7-8-17-38(35)30-40)43-28-29-44-46(37-15-5-2-6-16-37)33-49-50(47(44)32-43)45-20-9-10-21-48(45)52-49/h1-33H. The van der Waals surface area contributed by atoms with Crippen molar-refractivity contribution in [2.24, 2.45) is 0 Å². The molecule has 0 unspecified atom stereocenters. The van der Waals surface area contributed by atoms with Crippen LogP contribution in [0.4, 0.5) is 17.1 Å². The summed E-state index contributed by atoms with van der Waals surface area (Å²) in [7, 11) is 0. The summed E-state index contributed by atoms with van der Waals surface area (Å²) < 4.78 is 6.53. The van der Waals surface area contributed by atoms with E-state index in [4.69, 9.17) is 4.42 Å². The second-order valence-corrected chi connectivity index (χ2v) is 13.4. The Labute approximate surface area is 302 Å². The average molecular weight is 664 g/mol. The van der Waals surface area contributed by atoms with Crippen molar-refractivity contribution >= 4 is 60.5 Å². The maximum Gasteiger partial charge on any atom is 0.136 e. The predicted molar refractivity (Wildman–Crippen MR) is 220 cm³/mol. The zero-order chi connectivity index (χ0) is 34.4. The van der Waals surface area contributed by atoms with Gasteiger partial charge in [0, 0.05) is 27.8 Å². The summed E-state index contributed by atoms with van der Waals surface area (Å²) in [6.07, 6.45) is 0. The van der Waals surface area contributed by atoms with Crippen molar-refractivity contribution in [3.05, 3.63) is 200 Å². The van der Waals surface area contributed by atoms with Crippen molar-refractivity contribution in [1.29, 1.82) is 0 Å². The Morgan fingerprint density at radius 1 is 0.308 bits per heavy atom. The first-order chi connectivity index (χ1) is 25.8. The first-order valence-corrected chi connectivity index (χ1v) is 17.8. The zero-order valence-corrected chi connectivity index (χ0v) is 28.4. The number of nitrogens with zero attached hydrogens (tertiary/aromatic N) is 1. The second-order valence-electron chi connectivity index (χ2n) is 13.4. The average Bonchev–Trinajstić information content (AvgIpc) is 3.60. The molecule has 0 atom stereocenters. The van der Waals surface area contributed by atoms with Crippen molar-refractivity contribution in [3.8, 4) is 33.4 Å². The van der Waals surface area contributed by atoms with Gasteiger partial charge in [-0.25, -0.2) is 0 Å². The molecule has 0 saturated heterocycles. The number of anilines is 3. The molecule has 0 N–H and O–H groups in total. The summed E-state index contributed by atoms with van der Waals surface area (Å²) in [4.78, 5) is 2.37. The fraction of sp³-hybridized carbons (Fsp3) is 0. The minimum absolute atomic E-state index is 0.891. The summed E-state index contributed by atoms with van der Waals surface area (Å²) in [5, 5.41) is 7.11. The topological polar surface area (TPSA) is 16.4 Å². The maximum absolute atomic E-state index is 6.53. The van der Waals surface area contributed by atoms with E-state index in [0.717, 1.165) is 50.0 Å². The summed E-state index contributed by atoms with van der Waals surface area (Å²) in [5.74, 6) is 0. The van der Waals surface area contributed by atoms with Crippen LogP contribution in [-0.2, 0) is 0 Å². The molecule has 2 heteroatoms. The van der Waals surface area contributed by atoms with Crippen molar-refractivity contribution in [2.45, 2.75) is 0 Å². The van der Waals surface area contributed by atoms with Gasteiger partial charge in [0.2, 0.25) is 0 Å². The Morgan fingerprint density at radius 2 is 0.923 bits per heavy atom. The SMILES string of the molecule is c1ccc(-c2cccc(N(c3ccc(-c4ccc5ccccc5c4)cc3)c3ccc4c(-c5ccccc5)cc5oc6ccccc6c5c4c3)c2)cc1. The molecule has 0 saturated carbocycles. The third-order valence-corrected chi connectivity index (χ3v) is 10.2. The van der Waals surface area contributed by atoms with Gasteiger partial charge in [0.05, 0.1) is 0 Å². The summed E-state index contributed by atoms with van der Waals surface area (Å²) in [6.45, 7) is 0. The Morgan fingerprint density at radius 3 is 1.75 bits per heavy atom. The minimum Gasteiger partial charge on any atom is -0.456 e. The third-order valence-electron chi connectivity index (χ3n) is 10.2. The van der Waals surface area contributed by atoms with E-state index in [1.54, 1.807) is 0 Å². The first kappa shape index (κ1) is 30.0. The molecule has 1 aromatic heterocycles. The lowest BCUT2D eigenvalue weighted by Crippen LogP contribution is -2.10. The van der Waals surface area contributed by atoms with Crippen molar-refractivity contribution in [2.75, 3.05) is 4.90 Å². The van der Waals surface area contributed by atoms with Gasteiger partial charge in [-0.1, -0.05) is 146 Å². The molecular weight excluding hydrogens is 631 g/mol. The van der Waals surface area contributed by atoms with Crippen LogP contribution in [0.25, 0.3) is 76.9 Å². The quantitative estimate of drug-likeness (QED) is 0.176. The fourth-order valence-corrected chi connectivity index (χ4v) is 7.70. The minimum atomic E-state index is 0.891. The molecule has 0 aliphatic rings. The molecular formula is C50H33NO. The smallest absolute Gasteiger partial charge is 0.136 e. The lowest BCUT2D eigenvalue weighted by molar-refractivity contribution is 0.669. The number of fused-ring (bicyclic) bond motifs is 6. The summed E-state index contributed by atoms with van der Waals surface area (Å²) in [5.41, 5.74) is 12.1. The van der Waals surface area contributed by atoms with E-state index in [-0.39, 0.29) is 0 Å². The Kier molecular flexibility index (Phi) is 7.18. The highest BCUT2D eigenvalue weighted by Crippen LogP contribution is 2.44. The molecule has 10 rings (SSSR count). The van der Waals surface area contributed by atoms with E-state index >= 15 is 0 Å². The molecule has 52 heavy (non-hydrogen) atoms. The molecule has 0 fully saturated rings. The van der Waals surface area contributed by atoms with E-state index in [1.165, 1.54) is 44.0 Å². The van der Waals surface area contributed by atoms with E-state index in [9.17, 15) is 0 Å². The van der Waals surface area contributed by atoms with Gasteiger partial charge < -0.3 is 9.32 Å². The highest BCUT2D eigenvalue weighted by Gasteiger charge is 2.19. The molecule has 10 aromatic rings. The molecule has 1 heterocycles. The molecule has 2 nitrogen and oxygen atoms in total. The molecule has 0 radical (unpaired) electrons. The van der Waals surface area contributed by atoms with Gasteiger partial charge in [-0.3, -0.25) is 0 Å². The van der Waals surface area contributed by atoms with Crippen molar-refractivity contribution in [3.63, 3.8) is 0 Å². The van der Waals surface area contributed by atoms with Gasteiger partial charge in [-0.2, -0.15) is 0 Å². The van der Waals surface area contributed by atoms with E-state index in [2.05, 4.69) is 199 Å². The Bertz CT molecular complexity index is 2890.